The van der Waals surface area contributed by atoms with E-state index in [9.17, 15) is 9.59 Å². The van der Waals surface area contributed by atoms with Gasteiger partial charge < -0.3 is 4.90 Å². The van der Waals surface area contributed by atoms with Crippen molar-refractivity contribution in [1.29, 1.82) is 0 Å². The summed E-state index contributed by atoms with van der Waals surface area (Å²) >= 11 is 0. The minimum atomic E-state index is -0.0152. The van der Waals surface area contributed by atoms with Crippen LogP contribution < -0.4 is 4.90 Å². The number of hydrogen-bond acceptors (Lipinski definition) is 3. The van der Waals surface area contributed by atoms with Crippen LogP contribution in [0.2, 0.25) is 0 Å². The summed E-state index contributed by atoms with van der Waals surface area (Å²) in [6.45, 7) is 9.30. The van der Waals surface area contributed by atoms with Gasteiger partial charge in [-0.15, -0.1) is 0 Å². The molecule has 1 amide bonds. The van der Waals surface area contributed by atoms with Crippen LogP contribution in [0.25, 0.3) is 0 Å². The molecule has 150 valence electrons. The largest absolute Gasteiger partial charge is 0.313 e. The normalized spacial score (nSPS) is 19.7. The Balaban J connectivity index is 1.98. The molecule has 29 heavy (non-hydrogen) atoms. The molecule has 0 saturated carbocycles. The number of carbonyl (C=O) groups is 2. The number of nitrogens with zero attached hydrogens (tertiary/aromatic N) is 2. The number of rotatable bonds is 2. The molecule has 0 N–H and O–H groups in total. The predicted molar refractivity (Wildman–Crippen MR) is 117 cm³/mol. The van der Waals surface area contributed by atoms with Crippen LogP contribution in [0.15, 0.2) is 41.4 Å². The lowest BCUT2D eigenvalue weighted by Crippen LogP contribution is -2.35. The van der Waals surface area contributed by atoms with E-state index in [1.807, 2.05) is 19.2 Å². The van der Waals surface area contributed by atoms with Gasteiger partial charge in [0.15, 0.2) is 0 Å². The van der Waals surface area contributed by atoms with Crippen molar-refractivity contribution < 1.29 is 9.59 Å². The molecule has 0 spiro atoms. The highest BCUT2D eigenvalue weighted by Crippen LogP contribution is 2.48. The third-order valence-electron chi connectivity index (χ3n) is 6.65. The quantitative estimate of drug-likeness (QED) is 0.703. The van der Waals surface area contributed by atoms with E-state index < -0.39 is 0 Å². The maximum atomic E-state index is 12.7. The van der Waals surface area contributed by atoms with Crippen LogP contribution >= 0.6 is 0 Å². The van der Waals surface area contributed by atoms with E-state index in [1.165, 1.54) is 11.1 Å². The van der Waals surface area contributed by atoms with Crippen LogP contribution in [0.4, 0.5) is 5.69 Å². The van der Waals surface area contributed by atoms with Gasteiger partial charge in [0.05, 0.1) is 11.4 Å². The van der Waals surface area contributed by atoms with Gasteiger partial charge in [0.2, 0.25) is 5.91 Å². The van der Waals surface area contributed by atoms with E-state index in [0.29, 0.717) is 5.56 Å². The van der Waals surface area contributed by atoms with Gasteiger partial charge in [-0.25, -0.2) is 0 Å². The Kier molecular flexibility index (Phi) is 4.49. The fraction of sp³-hybridized carbons (Fsp3) is 0.400. The third kappa shape index (κ3) is 3.21. The Morgan fingerprint density at radius 2 is 1.55 bits per heavy atom. The molecule has 4 nitrogen and oxygen atoms in total. The summed E-state index contributed by atoms with van der Waals surface area (Å²) in [6.07, 6.45) is 3.09. The summed E-state index contributed by atoms with van der Waals surface area (Å²) < 4.78 is 0. The van der Waals surface area contributed by atoms with E-state index in [-0.39, 0.29) is 23.3 Å². The average Bonchev–Trinajstić information content (AvgIpc) is 2.82. The Morgan fingerprint density at radius 1 is 0.966 bits per heavy atom. The molecular weight excluding hydrogens is 360 g/mol. The maximum absolute atomic E-state index is 12.7. The monoisotopic (exact) mass is 388 g/mol. The smallest absolute Gasteiger partial charge is 0.248 e. The Labute approximate surface area is 172 Å². The van der Waals surface area contributed by atoms with Crippen molar-refractivity contribution in [3.05, 3.63) is 64.2 Å². The molecule has 4 rings (SSSR count). The first-order valence-corrected chi connectivity index (χ1v) is 10.2. The summed E-state index contributed by atoms with van der Waals surface area (Å²) in [5.41, 5.74) is 7.07. The van der Waals surface area contributed by atoms with E-state index in [4.69, 9.17) is 4.99 Å². The first-order chi connectivity index (χ1) is 13.6. The van der Waals surface area contributed by atoms with Crippen molar-refractivity contribution in [2.45, 2.75) is 51.4 Å². The Bertz CT molecular complexity index is 1030. The van der Waals surface area contributed by atoms with E-state index >= 15 is 0 Å². The molecule has 2 aromatic rings. The van der Waals surface area contributed by atoms with Crippen LogP contribution in [0.1, 0.15) is 73.1 Å². The van der Waals surface area contributed by atoms with Crippen LogP contribution in [0.3, 0.4) is 0 Å². The molecular formula is C25H28N2O2. The fourth-order valence-corrected chi connectivity index (χ4v) is 4.51. The van der Waals surface area contributed by atoms with Gasteiger partial charge in [-0.3, -0.25) is 14.6 Å². The molecule has 0 unspecified atom stereocenters. The highest BCUT2D eigenvalue weighted by Gasteiger charge is 2.39. The number of aliphatic imine (C=N–C) groups is 1. The van der Waals surface area contributed by atoms with E-state index in [0.717, 1.165) is 41.7 Å². The number of anilines is 1. The molecule has 1 heterocycles. The zero-order valence-corrected chi connectivity index (χ0v) is 17.9. The van der Waals surface area contributed by atoms with Gasteiger partial charge in [-0.2, -0.15) is 0 Å². The zero-order valence-electron chi connectivity index (χ0n) is 17.9. The standard InChI is InChI=1S/C25H28N2O2/c1-24(2)10-11-25(3,4)20-13-21-18(12-19(20)24)23(26-14-22(29)27(21)5)17-8-6-16(15-28)7-9-17/h6-9,12-13,15H,10-11,14H2,1-5H3. The number of hydrogen-bond donors (Lipinski definition) is 0. The SMILES string of the molecule is CN1C(=O)CN=C(c2ccc(C=O)cc2)c2cc3c(cc21)C(C)(C)CCC3(C)C. The van der Waals surface area contributed by atoms with Gasteiger partial charge in [0.1, 0.15) is 12.8 Å². The van der Waals surface area contributed by atoms with Crippen LogP contribution in [-0.2, 0) is 15.6 Å². The number of carbonyl (C=O) groups excluding carboxylic acids is 2. The van der Waals surface area contributed by atoms with Crippen LogP contribution in [0, 0.1) is 0 Å². The van der Waals surface area contributed by atoms with Gasteiger partial charge in [0.25, 0.3) is 0 Å². The highest BCUT2D eigenvalue weighted by molar-refractivity contribution is 6.19. The summed E-state index contributed by atoms with van der Waals surface area (Å²) in [5.74, 6) is -0.0152. The number of benzene rings is 2. The lowest BCUT2D eigenvalue weighted by molar-refractivity contribution is -0.116. The predicted octanol–water partition coefficient (Wildman–Crippen LogP) is 4.66. The number of fused-ring (bicyclic) bond motifs is 2. The molecule has 1 aliphatic carbocycles. The van der Waals surface area contributed by atoms with Crippen LogP contribution in [-0.4, -0.2) is 31.5 Å². The van der Waals surface area contributed by atoms with Crippen molar-refractivity contribution in [3.63, 3.8) is 0 Å². The molecule has 2 aliphatic rings. The summed E-state index contributed by atoms with van der Waals surface area (Å²) in [7, 11) is 1.84. The van der Waals surface area contributed by atoms with Crippen molar-refractivity contribution in [2.24, 2.45) is 4.99 Å². The van der Waals surface area contributed by atoms with Crippen molar-refractivity contribution in [3.8, 4) is 0 Å². The summed E-state index contributed by atoms with van der Waals surface area (Å²) in [4.78, 5) is 30.2. The minimum Gasteiger partial charge on any atom is -0.313 e. The average molecular weight is 389 g/mol. The highest BCUT2D eigenvalue weighted by atomic mass is 16.2. The van der Waals surface area contributed by atoms with E-state index in [2.05, 4.69) is 39.8 Å². The molecule has 4 heteroatoms. The second kappa shape index (κ2) is 6.65. The maximum Gasteiger partial charge on any atom is 0.248 e. The lowest BCUT2D eigenvalue weighted by atomic mass is 9.62. The number of amides is 1. The second-order valence-corrected chi connectivity index (χ2v) is 9.54. The van der Waals surface area contributed by atoms with Gasteiger partial charge in [-0.05, 0) is 46.9 Å². The number of likely N-dealkylation sites (N-methyl/N-ethyl adjacent to an activating group) is 1. The minimum absolute atomic E-state index is 0.0152. The van der Waals surface area contributed by atoms with Crippen molar-refractivity contribution in [1.82, 2.24) is 0 Å². The molecule has 0 bridgehead atoms. The van der Waals surface area contributed by atoms with Crippen LogP contribution in [0.5, 0.6) is 0 Å². The van der Waals surface area contributed by atoms with Crippen molar-refractivity contribution >= 4 is 23.6 Å². The topological polar surface area (TPSA) is 49.7 Å². The van der Waals surface area contributed by atoms with Crippen molar-refractivity contribution in [2.75, 3.05) is 18.5 Å². The second-order valence-electron chi connectivity index (χ2n) is 9.54. The summed E-state index contributed by atoms with van der Waals surface area (Å²) in [5, 5.41) is 0. The number of aldehydes is 1. The summed E-state index contributed by atoms with van der Waals surface area (Å²) in [6, 6.07) is 11.9. The third-order valence-corrected chi connectivity index (χ3v) is 6.65. The molecule has 0 radical (unpaired) electrons. The molecule has 0 saturated heterocycles. The Morgan fingerprint density at radius 3 is 2.14 bits per heavy atom. The zero-order chi connectivity index (χ0) is 21.0. The molecule has 0 atom stereocenters. The van der Waals surface area contributed by atoms with Gasteiger partial charge >= 0.3 is 0 Å². The molecule has 0 aromatic heterocycles. The molecule has 2 aromatic carbocycles. The van der Waals surface area contributed by atoms with Gasteiger partial charge in [-0.1, -0.05) is 52.0 Å². The molecule has 0 fully saturated rings. The van der Waals surface area contributed by atoms with Gasteiger partial charge in [0, 0.05) is 23.7 Å². The first-order valence-electron chi connectivity index (χ1n) is 10.2. The Hall–Kier alpha value is -2.75. The van der Waals surface area contributed by atoms with E-state index in [1.54, 1.807) is 17.0 Å². The lowest BCUT2D eigenvalue weighted by Gasteiger charge is -2.42. The fourth-order valence-electron chi connectivity index (χ4n) is 4.51. The first kappa shape index (κ1) is 19.6. The molecule has 1 aliphatic heterocycles.